The van der Waals surface area contributed by atoms with Gasteiger partial charge in [0.2, 0.25) is 0 Å². The summed E-state index contributed by atoms with van der Waals surface area (Å²) in [4.78, 5) is 23.2. The van der Waals surface area contributed by atoms with E-state index in [1.165, 1.54) is 11.1 Å². The standard InChI is InChI=1S/C10H7N.C4H4O4/c1-2-4-9-6-7-11-8-10(9)5-3-1;5-3(6)1-2-4(7)8/h3-4,6-8H,5H2;1-2H,(H,5,6)(H,7,8)/b;2-1-. The minimum atomic E-state index is -1.26. The van der Waals surface area contributed by atoms with Crippen molar-refractivity contribution in [2.24, 2.45) is 0 Å². The highest BCUT2D eigenvalue weighted by atomic mass is 16.4. The van der Waals surface area contributed by atoms with Crippen LogP contribution in [0.1, 0.15) is 11.1 Å². The third kappa shape index (κ3) is 5.84. The fourth-order valence-electron chi connectivity index (χ4n) is 1.23. The van der Waals surface area contributed by atoms with Gasteiger partial charge in [-0.3, -0.25) is 4.98 Å². The normalized spacial score (nSPS) is 11.4. The Labute approximate surface area is 109 Å². The molecule has 0 spiro atoms. The van der Waals surface area contributed by atoms with Crippen LogP contribution in [-0.4, -0.2) is 27.1 Å². The highest BCUT2D eigenvalue weighted by molar-refractivity contribution is 5.89. The third-order valence-corrected chi connectivity index (χ3v) is 2.04. The van der Waals surface area contributed by atoms with Crippen LogP contribution in [0.15, 0.2) is 48.2 Å². The van der Waals surface area contributed by atoms with Crippen LogP contribution in [0.5, 0.6) is 0 Å². The van der Waals surface area contributed by atoms with E-state index < -0.39 is 11.9 Å². The molecule has 0 atom stereocenters. The predicted octanol–water partition coefficient (Wildman–Crippen LogP) is 1.67. The van der Waals surface area contributed by atoms with Crippen molar-refractivity contribution >= 4 is 18.0 Å². The highest BCUT2D eigenvalue weighted by Gasteiger charge is 1.97. The van der Waals surface area contributed by atoms with E-state index in [0.717, 1.165) is 6.42 Å². The summed E-state index contributed by atoms with van der Waals surface area (Å²) in [5, 5.41) is 15.6. The van der Waals surface area contributed by atoms with Gasteiger partial charge in [-0.25, -0.2) is 9.59 Å². The molecule has 1 aliphatic rings. The lowest BCUT2D eigenvalue weighted by molar-refractivity contribution is -0.134. The topological polar surface area (TPSA) is 87.5 Å². The first-order chi connectivity index (χ1) is 9.09. The van der Waals surface area contributed by atoms with Crippen molar-refractivity contribution < 1.29 is 19.8 Å². The molecule has 0 aromatic carbocycles. The summed E-state index contributed by atoms with van der Waals surface area (Å²) in [7, 11) is 0. The number of allylic oxidation sites excluding steroid dienone is 1. The highest BCUT2D eigenvalue weighted by Crippen LogP contribution is 2.10. The number of pyridine rings is 1. The molecule has 0 unspecified atom stereocenters. The average molecular weight is 257 g/mol. The van der Waals surface area contributed by atoms with Crippen LogP contribution >= 0.6 is 0 Å². The number of carbonyl (C=O) groups is 2. The van der Waals surface area contributed by atoms with E-state index in [-0.39, 0.29) is 0 Å². The zero-order valence-corrected chi connectivity index (χ0v) is 9.91. The number of hydrogen-bond donors (Lipinski definition) is 2. The van der Waals surface area contributed by atoms with E-state index in [0.29, 0.717) is 12.2 Å². The Morgan fingerprint density at radius 2 is 1.89 bits per heavy atom. The first-order valence-corrected chi connectivity index (χ1v) is 5.32. The number of carboxylic acid groups (broad SMARTS) is 2. The van der Waals surface area contributed by atoms with E-state index in [2.05, 4.69) is 16.4 Å². The number of hydrogen-bond acceptors (Lipinski definition) is 3. The van der Waals surface area contributed by atoms with Crippen LogP contribution in [0.2, 0.25) is 0 Å². The number of fused-ring (bicyclic) bond motifs is 1. The summed E-state index contributed by atoms with van der Waals surface area (Å²) < 4.78 is 0. The second kappa shape index (κ2) is 7.45. The fraction of sp³-hybridized carbons (Fsp3) is 0.0714. The monoisotopic (exact) mass is 257 g/mol. The summed E-state index contributed by atoms with van der Waals surface area (Å²) in [6.45, 7) is 0. The lowest BCUT2D eigenvalue weighted by Crippen LogP contribution is -1.91. The maximum absolute atomic E-state index is 9.55. The summed E-state index contributed by atoms with van der Waals surface area (Å²) in [6, 6.07) is 1.99. The van der Waals surface area contributed by atoms with E-state index in [1.807, 2.05) is 24.4 Å². The molecule has 2 rings (SSSR count). The largest absolute Gasteiger partial charge is 0.478 e. The van der Waals surface area contributed by atoms with E-state index >= 15 is 0 Å². The maximum atomic E-state index is 9.55. The molecule has 96 valence electrons. The van der Waals surface area contributed by atoms with Gasteiger partial charge in [-0.15, -0.1) is 0 Å². The Hall–Kier alpha value is -2.87. The molecular formula is C14H11NO4. The van der Waals surface area contributed by atoms with Gasteiger partial charge in [-0.1, -0.05) is 11.5 Å². The van der Waals surface area contributed by atoms with Crippen LogP contribution < -0.4 is 0 Å². The van der Waals surface area contributed by atoms with Gasteiger partial charge in [-0.2, -0.15) is 0 Å². The molecule has 5 heteroatoms. The van der Waals surface area contributed by atoms with Gasteiger partial charge < -0.3 is 10.2 Å². The molecule has 0 saturated carbocycles. The molecular weight excluding hydrogens is 246 g/mol. The molecule has 0 amide bonds. The smallest absolute Gasteiger partial charge is 0.328 e. The van der Waals surface area contributed by atoms with E-state index in [1.54, 1.807) is 6.20 Å². The molecule has 1 heterocycles. The molecule has 0 saturated heterocycles. The predicted molar refractivity (Wildman–Crippen MR) is 68.4 cm³/mol. The number of aromatic nitrogens is 1. The minimum Gasteiger partial charge on any atom is -0.478 e. The van der Waals surface area contributed by atoms with Crippen LogP contribution in [-0.2, 0) is 16.0 Å². The van der Waals surface area contributed by atoms with Crippen molar-refractivity contribution in [1.29, 1.82) is 0 Å². The summed E-state index contributed by atoms with van der Waals surface area (Å²) in [5.41, 5.74) is 8.32. The van der Waals surface area contributed by atoms with Gasteiger partial charge in [0.15, 0.2) is 0 Å². The van der Waals surface area contributed by atoms with Gasteiger partial charge in [0, 0.05) is 31.0 Å². The molecule has 0 radical (unpaired) electrons. The number of nitrogens with zero attached hydrogens (tertiary/aromatic N) is 1. The zero-order valence-electron chi connectivity index (χ0n) is 9.91. The van der Waals surface area contributed by atoms with E-state index in [4.69, 9.17) is 10.2 Å². The van der Waals surface area contributed by atoms with Crippen molar-refractivity contribution in [3.8, 4) is 0 Å². The maximum Gasteiger partial charge on any atom is 0.328 e. The molecule has 5 nitrogen and oxygen atoms in total. The van der Waals surface area contributed by atoms with Crippen LogP contribution in [0.25, 0.3) is 6.08 Å². The molecule has 1 aromatic heterocycles. The number of aliphatic carboxylic acids is 2. The summed E-state index contributed by atoms with van der Waals surface area (Å²) in [5.74, 6) is -2.51. The summed E-state index contributed by atoms with van der Waals surface area (Å²) in [6.07, 6.45) is 9.60. The molecule has 2 N–H and O–H groups in total. The fourth-order valence-corrected chi connectivity index (χ4v) is 1.23. The van der Waals surface area contributed by atoms with Crippen molar-refractivity contribution in [2.45, 2.75) is 6.42 Å². The minimum absolute atomic E-state index is 0.558. The Morgan fingerprint density at radius 3 is 2.53 bits per heavy atom. The Balaban J connectivity index is 0.000000203. The first-order valence-electron chi connectivity index (χ1n) is 5.32. The van der Waals surface area contributed by atoms with Gasteiger partial charge in [-0.05, 0) is 29.3 Å². The van der Waals surface area contributed by atoms with Crippen molar-refractivity contribution in [1.82, 2.24) is 4.98 Å². The lowest BCUT2D eigenvalue weighted by Gasteiger charge is -1.97. The van der Waals surface area contributed by atoms with Crippen molar-refractivity contribution in [3.63, 3.8) is 0 Å². The van der Waals surface area contributed by atoms with Gasteiger partial charge in [0.05, 0.1) is 0 Å². The summed E-state index contributed by atoms with van der Waals surface area (Å²) >= 11 is 0. The number of carboxylic acids is 2. The van der Waals surface area contributed by atoms with E-state index in [9.17, 15) is 9.59 Å². The SMILES string of the molecule is C1=C=Cc2ccncc2CC=1.O=C(O)/C=C\C(=O)O. The third-order valence-electron chi connectivity index (χ3n) is 2.04. The van der Waals surface area contributed by atoms with Gasteiger partial charge in [0.1, 0.15) is 0 Å². The Bertz CT molecular complexity index is 588. The Kier molecular flexibility index (Phi) is 5.57. The van der Waals surface area contributed by atoms with Gasteiger partial charge >= 0.3 is 11.9 Å². The lowest BCUT2D eigenvalue weighted by atomic mass is 10.1. The molecule has 0 fully saturated rings. The van der Waals surface area contributed by atoms with Crippen molar-refractivity contribution in [3.05, 3.63) is 59.3 Å². The first kappa shape index (κ1) is 14.2. The quantitative estimate of drug-likeness (QED) is 0.621. The van der Waals surface area contributed by atoms with Crippen LogP contribution in [0, 0.1) is 0 Å². The molecule has 19 heavy (non-hydrogen) atoms. The van der Waals surface area contributed by atoms with Crippen molar-refractivity contribution in [2.75, 3.05) is 0 Å². The average Bonchev–Trinajstić information content (AvgIpc) is 2.62. The van der Waals surface area contributed by atoms with Gasteiger partial charge in [0.25, 0.3) is 0 Å². The zero-order chi connectivity index (χ0) is 14.1. The molecule has 1 aliphatic carbocycles. The molecule has 0 bridgehead atoms. The second-order valence-corrected chi connectivity index (χ2v) is 3.43. The molecule has 0 aliphatic heterocycles. The number of rotatable bonds is 2. The second-order valence-electron chi connectivity index (χ2n) is 3.43. The van der Waals surface area contributed by atoms with Crippen LogP contribution in [0.3, 0.4) is 0 Å². The Morgan fingerprint density at radius 1 is 1.21 bits per heavy atom. The molecule has 1 aromatic rings. The van der Waals surface area contributed by atoms with Crippen LogP contribution in [0.4, 0.5) is 0 Å².